The average Bonchev–Trinajstić information content (AvgIpc) is 2.75. The second-order valence-corrected chi connectivity index (χ2v) is 7.46. The molecule has 0 aliphatic heterocycles. The van der Waals surface area contributed by atoms with Crippen LogP contribution in [0.3, 0.4) is 0 Å². The van der Waals surface area contributed by atoms with E-state index in [1.54, 1.807) is 24.3 Å². The molecule has 30 heavy (non-hydrogen) atoms. The van der Waals surface area contributed by atoms with Crippen molar-refractivity contribution < 1.29 is 14.3 Å². The Morgan fingerprint density at radius 3 is 1.43 bits per heavy atom. The number of hydrogen-bond acceptors (Lipinski definition) is 5. The molecule has 4 N–H and O–H groups in total. The van der Waals surface area contributed by atoms with Crippen molar-refractivity contribution in [2.75, 3.05) is 0 Å². The van der Waals surface area contributed by atoms with Crippen LogP contribution in [0.5, 0.6) is 11.5 Å². The first-order chi connectivity index (χ1) is 14.4. The van der Waals surface area contributed by atoms with Crippen LogP contribution in [0.25, 0.3) is 0 Å². The van der Waals surface area contributed by atoms with Crippen molar-refractivity contribution in [2.45, 2.75) is 24.3 Å². The molecule has 152 valence electrons. The lowest BCUT2D eigenvalue weighted by atomic mass is 9.90. The van der Waals surface area contributed by atoms with Crippen LogP contribution >= 0.6 is 0 Å². The van der Waals surface area contributed by atoms with Crippen LogP contribution in [0.4, 0.5) is 0 Å². The summed E-state index contributed by atoms with van der Waals surface area (Å²) in [7, 11) is 0. The summed E-state index contributed by atoms with van der Waals surface area (Å²) in [6, 6.07) is 18.8. The molecule has 2 aliphatic carbocycles. The Morgan fingerprint density at radius 1 is 0.700 bits per heavy atom. The lowest BCUT2D eigenvalue weighted by molar-refractivity contribution is -0.111. The highest BCUT2D eigenvalue weighted by Crippen LogP contribution is 2.28. The predicted molar refractivity (Wildman–Crippen MR) is 117 cm³/mol. The van der Waals surface area contributed by atoms with Gasteiger partial charge in [-0.2, -0.15) is 0 Å². The topological polar surface area (TPSA) is 87.6 Å². The molecule has 2 atom stereocenters. The van der Waals surface area contributed by atoms with Crippen molar-refractivity contribution in [3.05, 3.63) is 108 Å². The van der Waals surface area contributed by atoms with Gasteiger partial charge in [0.05, 0.1) is 0 Å². The van der Waals surface area contributed by atoms with Gasteiger partial charge in [0.1, 0.15) is 11.5 Å². The summed E-state index contributed by atoms with van der Waals surface area (Å²) in [4.78, 5) is 12.9. The number of ether oxygens (including phenoxy) is 2. The maximum absolute atomic E-state index is 12.9. The summed E-state index contributed by atoms with van der Waals surface area (Å²) in [6.45, 7) is 0. The maximum atomic E-state index is 12.9. The highest BCUT2D eigenvalue weighted by Gasteiger charge is 2.30. The summed E-state index contributed by atoms with van der Waals surface area (Å²) in [6.07, 6.45) is 11.3. The highest BCUT2D eigenvalue weighted by atomic mass is 16.5. The Morgan fingerprint density at radius 2 is 1.10 bits per heavy atom. The fraction of sp³-hybridized carbons (Fsp3) is 0.160. The summed E-state index contributed by atoms with van der Waals surface area (Å²) in [5.41, 5.74) is 11.8. The molecule has 0 saturated heterocycles. The molecule has 2 aromatic rings. The van der Waals surface area contributed by atoms with Crippen LogP contribution in [0.1, 0.15) is 12.8 Å². The molecule has 0 spiro atoms. The SMILES string of the molecule is NC1(Oc2ccccc2)C=CC(C(=O)C2=CCC(N)(Oc3ccccc3)C=C2)=CC1. The molecule has 2 aliphatic rings. The number of rotatable bonds is 6. The number of para-hydroxylation sites is 2. The van der Waals surface area contributed by atoms with E-state index in [1.807, 2.05) is 72.8 Å². The number of hydrogen-bond donors (Lipinski definition) is 2. The molecule has 0 aromatic heterocycles. The van der Waals surface area contributed by atoms with Crippen LogP contribution in [0.15, 0.2) is 108 Å². The van der Waals surface area contributed by atoms with Crippen LogP contribution in [-0.2, 0) is 4.79 Å². The van der Waals surface area contributed by atoms with Crippen LogP contribution in [-0.4, -0.2) is 17.2 Å². The molecule has 5 heteroatoms. The molecule has 5 nitrogen and oxygen atoms in total. The third-order valence-corrected chi connectivity index (χ3v) is 5.00. The summed E-state index contributed by atoms with van der Waals surface area (Å²) < 4.78 is 11.7. The van der Waals surface area contributed by atoms with Gasteiger partial charge in [-0.05, 0) is 36.4 Å². The summed E-state index contributed by atoms with van der Waals surface area (Å²) >= 11 is 0. The number of allylic oxidation sites excluding steroid dienone is 4. The van der Waals surface area contributed by atoms with Gasteiger partial charge < -0.3 is 9.47 Å². The van der Waals surface area contributed by atoms with Crippen LogP contribution in [0.2, 0.25) is 0 Å². The molecular formula is C25H24N2O3. The van der Waals surface area contributed by atoms with Gasteiger partial charge in [-0.1, -0.05) is 60.7 Å². The Hall–Kier alpha value is -3.41. The number of carbonyl (C=O) groups is 1. The van der Waals surface area contributed by atoms with E-state index in [1.165, 1.54) is 0 Å². The number of Topliss-reactive ketones (excluding diaryl/α,β-unsaturated/α-hetero) is 1. The summed E-state index contributed by atoms with van der Waals surface area (Å²) in [5, 5.41) is 0. The lowest BCUT2D eigenvalue weighted by Gasteiger charge is -2.30. The first-order valence-corrected chi connectivity index (χ1v) is 9.84. The normalized spacial score (nSPS) is 25.3. The molecule has 0 radical (unpaired) electrons. The monoisotopic (exact) mass is 400 g/mol. The van der Waals surface area contributed by atoms with E-state index >= 15 is 0 Å². The zero-order valence-electron chi connectivity index (χ0n) is 16.5. The van der Waals surface area contributed by atoms with E-state index in [9.17, 15) is 4.79 Å². The Balaban J connectivity index is 1.39. The average molecular weight is 400 g/mol. The van der Waals surface area contributed by atoms with E-state index < -0.39 is 11.4 Å². The van der Waals surface area contributed by atoms with E-state index in [0.29, 0.717) is 35.5 Å². The smallest absolute Gasteiger partial charge is 0.192 e. The number of carbonyl (C=O) groups excluding carboxylic acids is 1. The van der Waals surface area contributed by atoms with E-state index in [-0.39, 0.29) is 5.78 Å². The van der Waals surface area contributed by atoms with Crippen molar-refractivity contribution in [1.82, 2.24) is 0 Å². The van der Waals surface area contributed by atoms with Crippen LogP contribution < -0.4 is 20.9 Å². The molecule has 0 heterocycles. The van der Waals surface area contributed by atoms with Gasteiger partial charge in [0.15, 0.2) is 17.2 Å². The second kappa shape index (κ2) is 8.14. The van der Waals surface area contributed by atoms with Gasteiger partial charge in [-0.3, -0.25) is 16.3 Å². The molecule has 2 unspecified atom stereocenters. The first-order valence-electron chi connectivity index (χ1n) is 9.84. The molecule has 0 fully saturated rings. The number of ketones is 1. The zero-order chi connectivity index (χ0) is 21.0. The second-order valence-electron chi connectivity index (χ2n) is 7.46. The van der Waals surface area contributed by atoms with Gasteiger partial charge in [0.25, 0.3) is 0 Å². The Kier molecular flexibility index (Phi) is 5.40. The fourth-order valence-electron chi connectivity index (χ4n) is 3.34. The minimum atomic E-state index is -0.974. The van der Waals surface area contributed by atoms with Crippen molar-refractivity contribution >= 4 is 5.78 Å². The fourth-order valence-corrected chi connectivity index (χ4v) is 3.34. The van der Waals surface area contributed by atoms with Gasteiger partial charge >= 0.3 is 0 Å². The highest BCUT2D eigenvalue weighted by molar-refractivity contribution is 6.12. The number of nitrogens with two attached hydrogens (primary N) is 2. The predicted octanol–water partition coefficient (Wildman–Crippen LogP) is 3.80. The van der Waals surface area contributed by atoms with Gasteiger partial charge in [-0.25, -0.2) is 0 Å². The zero-order valence-corrected chi connectivity index (χ0v) is 16.5. The molecule has 0 amide bonds. The minimum Gasteiger partial charge on any atom is -0.469 e. The molecule has 0 bridgehead atoms. The number of benzene rings is 2. The van der Waals surface area contributed by atoms with E-state index in [4.69, 9.17) is 20.9 Å². The third-order valence-electron chi connectivity index (χ3n) is 5.00. The minimum absolute atomic E-state index is 0.0778. The Labute approximate surface area is 176 Å². The largest absolute Gasteiger partial charge is 0.469 e. The molecule has 2 aromatic carbocycles. The first kappa shape index (κ1) is 19.9. The van der Waals surface area contributed by atoms with Crippen LogP contribution in [0, 0.1) is 0 Å². The molecule has 0 saturated carbocycles. The Bertz CT molecular complexity index is 957. The molecule has 4 rings (SSSR count). The lowest BCUT2D eigenvalue weighted by Crippen LogP contribution is -2.45. The van der Waals surface area contributed by atoms with Gasteiger partial charge in [0, 0.05) is 24.0 Å². The standard InChI is InChI=1S/C25H24N2O3/c26-24(29-21-7-3-1-4-8-21)15-11-19(12-16-24)23(28)20-13-17-25(27,18-14-20)30-22-9-5-2-6-10-22/h1-15,17H,16,18,26-27H2. The molecular weight excluding hydrogens is 376 g/mol. The van der Waals surface area contributed by atoms with Crippen molar-refractivity contribution in [1.29, 1.82) is 0 Å². The summed E-state index contributed by atoms with van der Waals surface area (Å²) in [5.74, 6) is 1.29. The van der Waals surface area contributed by atoms with E-state index in [2.05, 4.69) is 0 Å². The van der Waals surface area contributed by atoms with Crippen molar-refractivity contribution in [2.24, 2.45) is 11.5 Å². The maximum Gasteiger partial charge on any atom is 0.192 e. The van der Waals surface area contributed by atoms with E-state index in [0.717, 1.165) is 0 Å². The van der Waals surface area contributed by atoms with Crippen molar-refractivity contribution in [3.8, 4) is 11.5 Å². The van der Waals surface area contributed by atoms with Crippen molar-refractivity contribution in [3.63, 3.8) is 0 Å². The van der Waals surface area contributed by atoms with Gasteiger partial charge in [0.2, 0.25) is 0 Å². The quantitative estimate of drug-likeness (QED) is 0.720. The van der Waals surface area contributed by atoms with Gasteiger partial charge in [-0.15, -0.1) is 0 Å². The third kappa shape index (κ3) is 4.59.